The maximum Gasteiger partial charge on any atom is 0.289 e. The monoisotopic (exact) mass is 284 g/mol. The third-order valence-corrected chi connectivity index (χ3v) is 4.16. The van der Waals surface area contributed by atoms with Crippen molar-refractivity contribution in [1.82, 2.24) is 4.90 Å². The number of benzene rings is 1. The minimum Gasteiger partial charge on any atom is -0.329 e. The summed E-state index contributed by atoms with van der Waals surface area (Å²) in [7, 11) is 0. The summed E-state index contributed by atoms with van der Waals surface area (Å²) in [5.74, 6) is -0.171. The van der Waals surface area contributed by atoms with E-state index >= 15 is 0 Å². The highest BCUT2D eigenvalue weighted by atomic mass is 35.5. The van der Waals surface area contributed by atoms with E-state index < -0.39 is 0 Å². The van der Waals surface area contributed by atoms with E-state index in [0.717, 1.165) is 17.3 Å². The van der Waals surface area contributed by atoms with E-state index in [1.165, 1.54) is 4.90 Å². The lowest BCUT2D eigenvalue weighted by atomic mass is 10.1. The Bertz CT molecular complexity index is 481. The van der Waals surface area contributed by atoms with Gasteiger partial charge in [-0.25, -0.2) is 0 Å². The Morgan fingerprint density at radius 3 is 2.72 bits per heavy atom. The molecule has 1 unspecified atom stereocenters. The van der Waals surface area contributed by atoms with Crippen molar-refractivity contribution in [1.29, 1.82) is 0 Å². The van der Waals surface area contributed by atoms with Gasteiger partial charge in [0.25, 0.3) is 5.24 Å². The maximum absolute atomic E-state index is 12.0. The zero-order chi connectivity index (χ0) is 13.1. The van der Waals surface area contributed by atoms with Crippen LogP contribution in [0.4, 0.5) is 4.79 Å². The first-order valence-corrected chi connectivity index (χ1v) is 6.84. The molecule has 2 N–H and O–H groups in total. The van der Waals surface area contributed by atoms with Crippen LogP contribution in [0.5, 0.6) is 0 Å². The normalized spacial score (nSPS) is 19.7. The van der Waals surface area contributed by atoms with E-state index in [2.05, 4.69) is 0 Å². The van der Waals surface area contributed by atoms with Crippen molar-refractivity contribution >= 4 is 34.5 Å². The summed E-state index contributed by atoms with van der Waals surface area (Å²) in [5, 5.41) is 0.0158. The van der Waals surface area contributed by atoms with Gasteiger partial charge in [0.2, 0.25) is 5.91 Å². The van der Waals surface area contributed by atoms with Gasteiger partial charge in [-0.3, -0.25) is 14.5 Å². The Morgan fingerprint density at radius 1 is 1.33 bits per heavy atom. The molecule has 1 aromatic carbocycles. The van der Waals surface area contributed by atoms with Gasteiger partial charge >= 0.3 is 0 Å². The minimum absolute atomic E-state index is 0.171. The van der Waals surface area contributed by atoms with Crippen molar-refractivity contribution < 1.29 is 9.59 Å². The topological polar surface area (TPSA) is 63.4 Å². The zero-order valence-corrected chi connectivity index (χ0v) is 11.2. The van der Waals surface area contributed by atoms with Crippen LogP contribution in [0.1, 0.15) is 5.56 Å². The van der Waals surface area contributed by atoms with E-state index in [0.29, 0.717) is 11.4 Å². The molecule has 1 heterocycles. The van der Waals surface area contributed by atoms with E-state index in [9.17, 15) is 9.59 Å². The van der Waals surface area contributed by atoms with Crippen LogP contribution in [0.2, 0.25) is 5.02 Å². The van der Waals surface area contributed by atoms with Gasteiger partial charge in [0.15, 0.2) is 0 Å². The molecule has 1 aliphatic rings. The van der Waals surface area contributed by atoms with Crippen LogP contribution in [0.3, 0.4) is 0 Å². The lowest BCUT2D eigenvalue weighted by Crippen LogP contribution is -2.36. The van der Waals surface area contributed by atoms with E-state index in [1.54, 1.807) is 6.07 Å². The molecule has 0 radical (unpaired) electrons. The molecule has 0 aromatic heterocycles. The third kappa shape index (κ3) is 2.68. The van der Waals surface area contributed by atoms with Crippen molar-refractivity contribution in [2.75, 3.05) is 13.1 Å². The molecule has 2 rings (SSSR count). The van der Waals surface area contributed by atoms with Crippen LogP contribution >= 0.6 is 23.4 Å². The average molecular weight is 285 g/mol. The molecule has 18 heavy (non-hydrogen) atoms. The molecule has 0 saturated carbocycles. The zero-order valence-electron chi connectivity index (χ0n) is 9.64. The third-order valence-electron chi connectivity index (χ3n) is 2.72. The smallest absolute Gasteiger partial charge is 0.289 e. The first-order valence-electron chi connectivity index (χ1n) is 5.59. The highest BCUT2D eigenvalue weighted by Gasteiger charge is 2.39. The second kappa shape index (κ2) is 5.73. The number of hydrogen-bond donors (Lipinski definition) is 1. The van der Waals surface area contributed by atoms with Gasteiger partial charge < -0.3 is 5.73 Å². The summed E-state index contributed by atoms with van der Waals surface area (Å²) >= 11 is 7.09. The van der Waals surface area contributed by atoms with E-state index in [-0.39, 0.29) is 29.5 Å². The van der Waals surface area contributed by atoms with Gasteiger partial charge in [-0.05, 0) is 18.1 Å². The summed E-state index contributed by atoms with van der Waals surface area (Å²) in [4.78, 5) is 24.9. The Labute approximate surface area is 114 Å². The second-order valence-electron chi connectivity index (χ2n) is 3.95. The fourth-order valence-corrected chi connectivity index (χ4v) is 3.08. The molecule has 0 aliphatic carbocycles. The Hall–Kier alpha value is -1.04. The lowest BCUT2D eigenvalue weighted by molar-refractivity contribution is -0.126. The predicted molar refractivity (Wildman–Crippen MR) is 72.7 cm³/mol. The van der Waals surface area contributed by atoms with Crippen molar-refractivity contribution in [2.24, 2.45) is 5.73 Å². The Morgan fingerprint density at radius 2 is 2.06 bits per heavy atom. The van der Waals surface area contributed by atoms with Crippen molar-refractivity contribution in [3.63, 3.8) is 0 Å². The maximum atomic E-state index is 12.0. The first-order chi connectivity index (χ1) is 8.63. The lowest BCUT2D eigenvalue weighted by Gasteiger charge is -2.12. The molecule has 2 amide bonds. The molecule has 1 aromatic rings. The van der Waals surface area contributed by atoms with Crippen molar-refractivity contribution in [2.45, 2.75) is 11.7 Å². The van der Waals surface area contributed by atoms with Crippen LogP contribution in [0.25, 0.3) is 0 Å². The van der Waals surface area contributed by atoms with Gasteiger partial charge in [0.05, 0.1) is 5.25 Å². The SMILES string of the molecule is NCCN1C(=O)SC(Cc2ccccc2Cl)C1=O. The second-order valence-corrected chi connectivity index (χ2v) is 5.51. The average Bonchev–Trinajstić information content (AvgIpc) is 2.60. The van der Waals surface area contributed by atoms with Crippen LogP contribution in [0.15, 0.2) is 24.3 Å². The molecule has 96 valence electrons. The van der Waals surface area contributed by atoms with Gasteiger partial charge in [0, 0.05) is 18.1 Å². The molecule has 0 bridgehead atoms. The largest absolute Gasteiger partial charge is 0.329 e. The van der Waals surface area contributed by atoms with Gasteiger partial charge in [-0.2, -0.15) is 0 Å². The molecular formula is C12H13ClN2O2S. The predicted octanol–water partition coefficient (Wildman–Crippen LogP) is 1.91. The molecule has 6 heteroatoms. The number of rotatable bonds is 4. The number of nitrogens with zero attached hydrogens (tertiary/aromatic N) is 1. The van der Waals surface area contributed by atoms with Crippen molar-refractivity contribution in [3.05, 3.63) is 34.9 Å². The molecule has 1 aliphatic heterocycles. The van der Waals surface area contributed by atoms with Crippen LogP contribution in [-0.4, -0.2) is 34.4 Å². The molecule has 1 atom stereocenters. The fraction of sp³-hybridized carbons (Fsp3) is 0.333. The van der Waals surface area contributed by atoms with Crippen LogP contribution in [0, 0.1) is 0 Å². The quantitative estimate of drug-likeness (QED) is 0.917. The number of carbonyl (C=O) groups is 2. The number of amides is 2. The van der Waals surface area contributed by atoms with E-state index in [4.69, 9.17) is 17.3 Å². The van der Waals surface area contributed by atoms with E-state index in [1.807, 2.05) is 18.2 Å². The number of hydrogen-bond acceptors (Lipinski definition) is 4. The standard InChI is InChI=1S/C12H13ClN2O2S/c13-9-4-2-1-3-8(9)7-10-11(16)15(6-5-14)12(17)18-10/h1-4,10H,5-7,14H2. The Kier molecular flexibility index (Phi) is 4.27. The van der Waals surface area contributed by atoms with Gasteiger partial charge in [0.1, 0.15) is 0 Å². The molecular weight excluding hydrogens is 272 g/mol. The number of carbonyl (C=O) groups excluding carboxylic acids is 2. The summed E-state index contributed by atoms with van der Waals surface area (Å²) in [6.45, 7) is 0.570. The fourth-order valence-electron chi connectivity index (χ4n) is 1.82. The molecule has 4 nitrogen and oxygen atoms in total. The number of thioether (sulfide) groups is 1. The van der Waals surface area contributed by atoms with Crippen molar-refractivity contribution in [3.8, 4) is 0 Å². The summed E-state index contributed by atoms with van der Waals surface area (Å²) < 4.78 is 0. The number of nitrogens with two attached hydrogens (primary N) is 1. The van der Waals surface area contributed by atoms with Crippen LogP contribution in [-0.2, 0) is 11.2 Å². The summed E-state index contributed by atoms with van der Waals surface area (Å²) in [6.07, 6.45) is 0.468. The van der Waals surface area contributed by atoms with Gasteiger partial charge in [-0.15, -0.1) is 0 Å². The number of imide groups is 1. The van der Waals surface area contributed by atoms with Gasteiger partial charge in [-0.1, -0.05) is 41.6 Å². The summed E-state index contributed by atoms with van der Waals surface area (Å²) in [5.41, 5.74) is 6.26. The highest BCUT2D eigenvalue weighted by molar-refractivity contribution is 8.15. The first kappa shape index (κ1) is 13.4. The van der Waals surface area contributed by atoms with Crippen LogP contribution < -0.4 is 5.73 Å². The Balaban J connectivity index is 2.10. The highest BCUT2D eigenvalue weighted by Crippen LogP contribution is 2.30. The number of halogens is 1. The molecule has 0 spiro atoms. The molecule has 1 saturated heterocycles. The molecule has 1 fully saturated rings. The summed E-state index contributed by atoms with van der Waals surface area (Å²) in [6, 6.07) is 7.35. The minimum atomic E-state index is -0.385.